The normalized spacial score (nSPS) is 23.4. The fourth-order valence-electron chi connectivity index (χ4n) is 3.22. The van der Waals surface area contributed by atoms with Gasteiger partial charge in [0.25, 0.3) is 0 Å². The van der Waals surface area contributed by atoms with Crippen molar-refractivity contribution in [1.29, 1.82) is 0 Å². The quantitative estimate of drug-likeness (QED) is 0.853. The van der Waals surface area contributed by atoms with Gasteiger partial charge < -0.3 is 15.3 Å². The molecule has 98 valence electrons. The van der Waals surface area contributed by atoms with Crippen LogP contribution in [0, 0.1) is 0 Å². The van der Waals surface area contributed by atoms with E-state index in [4.69, 9.17) is 0 Å². The molecule has 1 saturated heterocycles. The molecule has 2 aliphatic rings. The van der Waals surface area contributed by atoms with E-state index < -0.39 is 0 Å². The van der Waals surface area contributed by atoms with Crippen LogP contribution in [-0.2, 0) is 6.42 Å². The first kappa shape index (κ1) is 12.0. The van der Waals surface area contributed by atoms with Gasteiger partial charge in [-0.3, -0.25) is 0 Å². The highest BCUT2D eigenvalue weighted by Crippen LogP contribution is 2.32. The fourth-order valence-corrected chi connectivity index (χ4v) is 3.22. The first-order valence-corrected chi connectivity index (χ1v) is 7.10. The molecule has 1 unspecified atom stereocenters. The maximum atomic E-state index is 9.48. The number of nitrogens with one attached hydrogen (secondary N) is 1. The van der Waals surface area contributed by atoms with Gasteiger partial charge in [0.2, 0.25) is 0 Å². The van der Waals surface area contributed by atoms with Crippen LogP contribution in [0.3, 0.4) is 0 Å². The molecule has 1 aliphatic heterocycles. The Labute approximate surface area is 109 Å². The lowest BCUT2D eigenvalue weighted by atomic mass is 10.1. The summed E-state index contributed by atoms with van der Waals surface area (Å²) < 4.78 is 0. The van der Waals surface area contributed by atoms with E-state index in [0.717, 1.165) is 13.0 Å². The van der Waals surface area contributed by atoms with Crippen LogP contribution < -0.4 is 5.32 Å². The molecule has 1 fully saturated rings. The second-order valence-electron chi connectivity index (χ2n) is 5.48. The van der Waals surface area contributed by atoms with Crippen molar-refractivity contribution in [3.63, 3.8) is 0 Å². The zero-order chi connectivity index (χ0) is 12.4. The summed E-state index contributed by atoms with van der Waals surface area (Å²) in [5, 5.41) is 13.1. The van der Waals surface area contributed by atoms with Crippen LogP contribution >= 0.6 is 0 Å². The van der Waals surface area contributed by atoms with Crippen LogP contribution in [0.2, 0.25) is 0 Å². The van der Waals surface area contributed by atoms with Crippen molar-refractivity contribution in [2.45, 2.75) is 31.7 Å². The van der Waals surface area contributed by atoms with Gasteiger partial charge in [-0.25, -0.2) is 0 Å². The maximum absolute atomic E-state index is 9.48. The van der Waals surface area contributed by atoms with Gasteiger partial charge in [0.05, 0.1) is 0 Å². The zero-order valence-corrected chi connectivity index (χ0v) is 10.9. The van der Waals surface area contributed by atoms with Gasteiger partial charge in [-0.2, -0.15) is 0 Å². The maximum Gasteiger partial charge on any atom is 0.115 e. The van der Waals surface area contributed by atoms with Crippen LogP contribution in [0.1, 0.15) is 36.4 Å². The van der Waals surface area contributed by atoms with Crippen molar-refractivity contribution in [1.82, 2.24) is 10.2 Å². The summed E-state index contributed by atoms with van der Waals surface area (Å²) in [6.07, 6.45) is 4.99. The van der Waals surface area contributed by atoms with Gasteiger partial charge in [0.1, 0.15) is 5.75 Å². The molecule has 1 aromatic rings. The zero-order valence-electron chi connectivity index (χ0n) is 10.9. The second-order valence-corrected chi connectivity index (χ2v) is 5.48. The predicted octanol–water partition coefficient (Wildman–Crippen LogP) is 2.06. The van der Waals surface area contributed by atoms with Gasteiger partial charge in [-0.05, 0) is 62.0 Å². The number of fused-ring (bicyclic) bond motifs is 1. The highest BCUT2D eigenvalue weighted by molar-refractivity contribution is 5.39. The lowest BCUT2D eigenvalue weighted by Crippen LogP contribution is -2.31. The third kappa shape index (κ3) is 2.52. The van der Waals surface area contributed by atoms with E-state index in [9.17, 15) is 5.11 Å². The Hall–Kier alpha value is -1.06. The van der Waals surface area contributed by atoms with E-state index in [1.165, 1.54) is 50.0 Å². The van der Waals surface area contributed by atoms with Crippen molar-refractivity contribution in [3.05, 3.63) is 29.3 Å². The van der Waals surface area contributed by atoms with E-state index in [-0.39, 0.29) is 0 Å². The summed E-state index contributed by atoms with van der Waals surface area (Å²) in [5.41, 5.74) is 2.70. The molecule has 1 atom stereocenters. The van der Waals surface area contributed by atoms with Gasteiger partial charge in [-0.15, -0.1) is 0 Å². The number of phenols is 1. The van der Waals surface area contributed by atoms with Crippen LogP contribution in [0.4, 0.5) is 0 Å². The predicted molar refractivity (Wildman–Crippen MR) is 72.8 cm³/mol. The molecule has 0 bridgehead atoms. The molecule has 3 heteroatoms. The number of benzene rings is 1. The minimum atomic E-state index is 0.395. The number of phenolic OH excluding ortho intramolecular Hbond substituents is 1. The van der Waals surface area contributed by atoms with Gasteiger partial charge in [-0.1, -0.05) is 6.07 Å². The van der Waals surface area contributed by atoms with Crippen molar-refractivity contribution in [2.24, 2.45) is 0 Å². The smallest absolute Gasteiger partial charge is 0.115 e. The van der Waals surface area contributed by atoms with E-state index in [0.29, 0.717) is 11.8 Å². The molecule has 0 amide bonds. The average molecular weight is 246 g/mol. The van der Waals surface area contributed by atoms with Crippen molar-refractivity contribution in [3.8, 4) is 5.75 Å². The molecular formula is C15H22N2O. The Kier molecular flexibility index (Phi) is 3.52. The second kappa shape index (κ2) is 5.29. The highest BCUT2D eigenvalue weighted by atomic mass is 16.3. The molecule has 3 nitrogen and oxygen atoms in total. The first-order valence-electron chi connectivity index (χ1n) is 7.10. The molecule has 3 rings (SSSR count). The highest BCUT2D eigenvalue weighted by Gasteiger charge is 2.22. The Morgan fingerprint density at radius 1 is 1.28 bits per heavy atom. The topological polar surface area (TPSA) is 35.5 Å². The van der Waals surface area contributed by atoms with Gasteiger partial charge in [0.15, 0.2) is 0 Å². The van der Waals surface area contributed by atoms with E-state index >= 15 is 0 Å². The largest absolute Gasteiger partial charge is 0.508 e. The molecule has 2 N–H and O–H groups in total. The molecule has 0 aromatic heterocycles. The Morgan fingerprint density at radius 2 is 2.11 bits per heavy atom. The van der Waals surface area contributed by atoms with Crippen LogP contribution in [0.5, 0.6) is 5.75 Å². The van der Waals surface area contributed by atoms with Gasteiger partial charge in [0, 0.05) is 19.1 Å². The SMILES string of the molecule is Oc1ccc2c(c1)CCC2NCCN1CCCC1. The van der Waals surface area contributed by atoms with Gasteiger partial charge >= 0.3 is 0 Å². The Morgan fingerprint density at radius 3 is 2.94 bits per heavy atom. The number of aromatic hydroxyl groups is 1. The summed E-state index contributed by atoms with van der Waals surface area (Å²) in [5.74, 6) is 0.395. The molecule has 0 spiro atoms. The summed E-state index contributed by atoms with van der Waals surface area (Å²) in [6, 6.07) is 6.28. The lowest BCUT2D eigenvalue weighted by Gasteiger charge is -2.18. The van der Waals surface area contributed by atoms with Crippen molar-refractivity contribution >= 4 is 0 Å². The molecule has 0 radical (unpaired) electrons. The third-order valence-corrected chi connectivity index (χ3v) is 4.22. The summed E-state index contributed by atoms with van der Waals surface area (Å²) in [6.45, 7) is 4.79. The van der Waals surface area contributed by atoms with Crippen LogP contribution in [0.15, 0.2) is 18.2 Å². The number of aryl methyl sites for hydroxylation is 1. The fraction of sp³-hybridized carbons (Fsp3) is 0.600. The number of rotatable bonds is 4. The van der Waals surface area contributed by atoms with Crippen LogP contribution in [-0.4, -0.2) is 36.2 Å². The molecule has 0 saturated carbocycles. The first-order chi connectivity index (χ1) is 8.83. The summed E-state index contributed by atoms with van der Waals surface area (Å²) in [4.78, 5) is 2.54. The number of hydrogen-bond acceptors (Lipinski definition) is 3. The van der Waals surface area contributed by atoms with Crippen molar-refractivity contribution < 1.29 is 5.11 Å². The van der Waals surface area contributed by atoms with Crippen LogP contribution in [0.25, 0.3) is 0 Å². The summed E-state index contributed by atoms with van der Waals surface area (Å²) in [7, 11) is 0. The summed E-state index contributed by atoms with van der Waals surface area (Å²) >= 11 is 0. The third-order valence-electron chi connectivity index (χ3n) is 4.22. The Balaban J connectivity index is 1.53. The number of likely N-dealkylation sites (tertiary alicyclic amines) is 1. The average Bonchev–Trinajstić information content (AvgIpc) is 2.99. The Bertz CT molecular complexity index is 413. The van der Waals surface area contributed by atoms with E-state index in [1.807, 2.05) is 6.07 Å². The van der Waals surface area contributed by atoms with E-state index in [2.05, 4.69) is 16.3 Å². The lowest BCUT2D eigenvalue weighted by molar-refractivity contribution is 0.327. The number of hydrogen-bond donors (Lipinski definition) is 2. The monoisotopic (exact) mass is 246 g/mol. The van der Waals surface area contributed by atoms with Crippen molar-refractivity contribution in [2.75, 3.05) is 26.2 Å². The molecule has 1 heterocycles. The number of nitrogens with zero attached hydrogens (tertiary/aromatic N) is 1. The molecular weight excluding hydrogens is 224 g/mol. The standard InChI is InChI=1S/C15H22N2O/c18-13-4-5-14-12(11-13)3-6-15(14)16-7-10-17-8-1-2-9-17/h4-5,11,15-16,18H,1-3,6-10H2. The molecule has 1 aromatic carbocycles. The molecule has 1 aliphatic carbocycles. The minimum absolute atomic E-state index is 0.395. The molecule has 18 heavy (non-hydrogen) atoms. The van der Waals surface area contributed by atoms with E-state index in [1.54, 1.807) is 6.07 Å². The minimum Gasteiger partial charge on any atom is -0.508 e.